The predicted molar refractivity (Wildman–Crippen MR) is 64.0 cm³/mol. The van der Waals surface area contributed by atoms with E-state index in [1.54, 1.807) is 6.92 Å². The van der Waals surface area contributed by atoms with Gasteiger partial charge in [-0.15, -0.1) is 0 Å². The lowest BCUT2D eigenvalue weighted by atomic mass is 10.0. The molecule has 5 nitrogen and oxygen atoms in total. The molecule has 1 aromatic rings. The smallest absolute Gasteiger partial charge is 0.311 e. The molecule has 0 saturated carbocycles. The fraction of sp³-hybridized carbons (Fsp3) is 0.500. The van der Waals surface area contributed by atoms with Crippen LogP contribution in [-0.2, 0) is 22.5 Å². The van der Waals surface area contributed by atoms with Gasteiger partial charge in [0.25, 0.3) is 6.43 Å². The highest BCUT2D eigenvalue weighted by atomic mass is 19.3. The lowest BCUT2D eigenvalue weighted by molar-refractivity contribution is -0.142. The van der Waals surface area contributed by atoms with Crippen LogP contribution in [0.5, 0.6) is 5.75 Å². The van der Waals surface area contributed by atoms with Crippen molar-refractivity contribution in [2.75, 3.05) is 13.7 Å². The number of rotatable bonds is 6. The molecule has 0 aromatic carbocycles. The molecule has 0 fully saturated rings. The van der Waals surface area contributed by atoms with Crippen LogP contribution in [0.25, 0.3) is 0 Å². The maximum atomic E-state index is 13.0. The SMILES string of the molecule is CCOC(=O)Cc1ncc(OC)c(C(F)F)c1CN. The number of hydrogen-bond acceptors (Lipinski definition) is 5. The second-order valence-corrected chi connectivity index (χ2v) is 3.65. The van der Waals surface area contributed by atoms with Gasteiger partial charge in [0, 0.05) is 12.1 Å². The molecule has 0 radical (unpaired) electrons. The number of carbonyl (C=O) groups excluding carboxylic acids is 1. The molecule has 1 aromatic heterocycles. The van der Waals surface area contributed by atoms with Crippen molar-refractivity contribution in [2.24, 2.45) is 5.73 Å². The molecule has 0 aliphatic rings. The molecule has 1 rings (SSSR count). The summed E-state index contributed by atoms with van der Waals surface area (Å²) >= 11 is 0. The number of nitrogens with zero attached hydrogens (tertiary/aromatic N) is 1. The Hall–Kier alpha value is -1.76. The molecule has 0 saturated heterocycles. The summed E-state index contributed by atoms with van der Waals surface area (Å²) in [6.45, 7) is 1.72. The fourth-order valence-electron chi connectivity index (χ4n) is 1.72. The normalized spacial score (nSPS) is 10.6. The van der Waals surface area contributed by atoms with Crippen LogP contribution in [0.3, 0.4) is 0 Å². The first kappa shape index (κ1) is 15.3. The maximum Gasteiger partial charge on any atom is 0.311 e. The number of hydrogen-bond donors (Lipinski definition) is 1. The van der Waals surface area contributed by atoms with Crippen molar-refractivity contribution in [3.8, 4) is 5.75 Å². The summed E-state index contributed by atoms with van der Waals surface area (Å²) in [4.78, 5) is 15.3. The van der Waals surface area contributed by atoms with Crippen molar-refractivity contribution < 1.29 is 23.0 Å². The van der Waals surface area contributed by atoms with E-state index in [9.17, 15) is 13.6 Å². The maximum absolute atomic E-state index is 13.0. The molecule has 0 unspecified atom stereocenters. The second kappa shape index (κ2) is 6.98. The molecular formula is C12H16F2N2O3. The van der Waals surface area contributed by atoms with Crippen LogP contribution >= 0.6 is 0 Å². The Morgan fingerprint density at radius 2 is 2.21 bits per heavy atom. The Bertz CT molecular complexity index is 453. The fourth-order valence-corrected chi connectivity index (χ4v) is 1.72. The topological polar surface area (TPSA) is 74.4 Å². The molecule has 1 heterocycles. The molecular weight excluding hydrogens is 258 g/mol. The third-order valence-corrected chi connectivity index (χ3v) is 2.54. The van der Waals surface area contributed by atoms with Gasteiger partial charge in [0.2, 0.25) is 0 Å². The molecule has 7 heteroatoms. The number of aromatic nitrogens is 1. The van der Waals surface area contributed by atoms with E-state index in [0.29, 0.717) is 0 Å². The average molecular weight is 274 g/mol. The molecule has 0 spiro atoms. The zero-order valence-electron chi connectivity index (χ0n) is 10.8. The summed E-state index contributed by atoms with van der Waals surface area (Å²) in [7, 11) is 1.27. The first-order chi connectivity index (χ1) is 9.04. The van der Waals surface area contributed by atoms with Crippen LogP contribution in [-0.4, -0.2) is 24.7 Å². The Morgan fingerprint density at radius 1 is 1.53 bits per heavy atom. The summed E-state index contributed by atoms with van der Waals surface area (Å²) in [6, 6.07) is 0. The Labute approximate surface area is 109 Å². The highest BCUT2D eigenvalue weighted by Crippen LogP contribution is 2.33. The molecule has 106 valence electrons. The van der Waals surface area contributed by atoms with E-state index in [2.05, 4.69) is 4.98 Å². The number of methoxy groups -OCH3 is 1. The van der Waals surface area contributed by atoms with Crippen LogP contribution in [0.1, 0.15) is 30.2 Å². The predicted octanol–water partition coefficient (Wildman–Crippen LogP) is 1.59. The van der Waals surface area contributed by atoms with E-state index < -0.39 is 12.4 Å². The zero-order valence-corrected chi connectivity index (χ0v) is 10.8. The van der Waals surface area contributed by atoms with Crippen molar-refractivity contribution in [1.29, 1.82) is 0 Å². The number of nitrogens with two attached hydrogens (primary N) is 1. The van der Waals surface area contributed by atoms with Crippen LogP contribution in [0, 0.1) is 0 Å². The van der Waals surface area contributed by atoms with E-state index in [4.69, 9.17) is 15.2 Å². The summed E-state index contributed by atoms with van der Waals surface area (Å²) in [5.41, 5.74) is 5.48. The van der Waals surface area contributed by atoms with Crippen molar-refractivity contribution in [3.05, 3.63) is 23.0 Å². The van der Waals surface area contributed by atoms with E-state index in [1.165, 1.54) is 7.11 Å². The van der Waals surface area contributed by atoms with Gasteiger partial charge in [0.05, 0.1) is 37.6 Å². The minimum atomic E-state index is -2.75. The molecule has 0 aliphatic carbocycles. The van der Waals surface area contributed by atoms with Gasteiger partial charge in [-0.05, 0) is 6.92 Å². The first-order valence-electron chi connectivity index (χ1n) is 5.73. The molecule has 0 atom stereocenters. The number of halogens is 2. The lowest BCUT2D eigenvalue weighted by Crippen LogP contribution is -2.15. The van der Waals surface area contributed by atoms with Gasteiger partial charge in [-0.2, -0.15) is 0 Å². The van der Waals surface area contributed by atoms with E-state index in [1.807, 2.05) is 0 Å². The quantitative estimate of drug-likeness (QED) is 0.797. The minimum absolute atomic E-state index is 0.0388. The molecule has 0 amide bonds. The third kappa shape index (κ3) is 3.60. The Kier molecular flexibility index (Phi) is 5.62. The van der Waals surface area contributed by atoms with Crippen molar-refractivity contribution in [2.45, 2.75) is 26.3 Å². The highest BCUT2D eigenvalue weighted by Gasteiger charge is 2.23. The van der Waals surface area contributed by atoms with Gasteiger partial charge in [-0.1, -0.05) is 0 Å². The van der Waals surface area contributed by atoms with E-state index in [-0.39, 0.29) is 42.1 Å². The largest absolute Gasteiger partial charge is 0.495 e. The summed E-state index contributed by atoms with van der Waals surface area (Å²) in [5, 5.41) is 0. The number of esters is 1. The monoisotopic (exact) mass is 274 g/mol. The van der Waals surface area contributed by atoms with Gasteiger partial charge in [-0.25, -0.2) is 8.78 Å². The molecule has 19 heavy (non-hydrogen) atoms. The van der Waals surface area contributed by atoms with Gasteiger partial charge in [0.1, 0.15) is 5.75 Å². The van der Waals surface area contributed by atoms with E-state index >= 15 is 0 Å². The third-order valence-electron chi connectivity index (χ3n) is 2.54. The van der Waals surface area contributed by atoms with Crippen molar-refractivity contribution >= 4 is 5.97 Å². The Balaban J connectivity index is 3.19. The Morgan fingerprint density at radius 3 is 2.68 bits per heavy atom. The summed E-state index contributed by atoms with van der Waals surface area (Å²) < 4.78 is 35.7. The van der Waals surface area contributed by atoms with Crippen molar-refractivity contribution in [3.63, 3.8) is 0 Å². The zero-order chi connectivity index (χ0) is 14.4. The van der Waals surface area contributed by atoms with Gasteiger partial charge < -0.3 is 15.2 Å². The number of carbonyl (C=O) groups is 1. The van der Waals surface area contributed by atoms with Crippen LogP contribution < -0.4 is 10.5 Å². The minimum Gasteiger partial charge on any atom is -0.495 e. The number of ether oxygens (including phenoxy) is 2. The van der Waals surface area contributed by atoms with Gasteiger partial charge >= 0.3 is 5.97 Å². The standard InChI is InChI=1S/C12H16F2N2O3/c1-3-19-10(17)4-8-7(5-15)11(12(13)14)9(18-2)6-16-8/h6,12H,3-5,15H2,1-2H3. The number of alkyl halides is 2. The van der Waals surface area contributed by atoms with Crippen molar-refractivity contribution in [1.82, 2.24) is 4.98 Å². The summed E-state index contributed by atoms with van der Waals surface area (Å²) in [6.07, 6.45) is -1.78. The lowest BCUT2D eigenvalue weighted by Gasteiger charge is -2.15. The van der Waals surface area contributed by atoms with Gasteiger partial charge in [0.15, 0.2) is 0 Å². The molecule has 0 bridgehead atoms. The van der Waals surface area contributed by atoms with Crippen LogP contribution in [0.4, 0.5) is 8.78 Å². The molecule has 0 aliphatic heterocycles. The summed E-state index contributed by atoms with van der Waals surface area (Å²) in [5.74, 6) is -0.571. The second-order valence-electron chi connectivity index (χ2n) is 3.65. The average Bonchev–Trinajstić information content (AvgIpc) is 2.38. The molecule has 2 N–H and O–H groups in total. The van der Waals surface area contributed by atoms with Gasteiger partial charge in [-0.3, -0.25) is 9.78 Å². The number of pyridine rings is 1. The first-order valence-corrected chi connectivity index (χ1v) is 5.73. The highest BCUT2D eigenvalue weighted by molar-refractivity contribution is 5.72. The van der Waals surface area contributed by atoms with Crippen LogP contribution in [0.15, 0.2) is 6.20 Å². The van der Waals surface area contributed by atoms with E-state index in [0.717, 1.165) is 6.20 Å². The van der Waals surface area contributed by atoms with Crippen LogP contribution in [0.2, 0.25) is 0 Å².